The molecule has 0 bridgehead atoms. The van der Waals surface area contributed by atoms with Crippen molar-refractivity contribution in [3.8, 4) is 0 Å². The molecule has 0 fully saturated rings. The van der Waals surface area contributed by atoms with Crippen LogP contribution in [0.4, 0.5) is 0 Å². The molecule has 0 saturated carbocycles. The highest BCUT2D eigenvalue weighted by atomic mass is 16.3. The maximum absolute atomic E-state index is 11.1. The van der Waals surface area contributed by atoms with Crippen molar-refractivity contribution in [1.29, 1.82) is 0 Å². The van der Waals surface area contributed by atoms with E-state index in [1.54, 1.807) is 6.92 Å². The summed E-state index contributed by atoms with van der Waals surface area (Å²) in [6.07, 6.45) is 1.95. The van der Waals surface area contributed by atoms with Crippen LogP contribution in [0.25, 0.3) is 0 Å². The van der Waals surface area contributed by atoms with Gasteiger partial charge >= 0.3 is 0 Å². The molecule has 0 heterocycles. The van der Waals surface area contributed by atoms with E-state index in [0.717, 1.165) is 25.9 Å². The fourth-order valence-corrected chi connectivity index (χ4v) is 0.991. The lowest BCUT2D eigenvalue weighted by Gasteiger charge is -2.06. The highest BCUT2D eigenvalue weighted by Gasteiger charge is 1.99. The molecule has 0 rings (SSSR count). The summed E-state index contributed by atoms with van der Waals surface area (Å²) >= 11 is 0. The number of carbonyl (C=O) groups excluding carboxylic acids is 1. The van der Waals surface area contributed by atoms with Crippen LogP contribution in [0.5, 0.6) is 0 Å². The molecule has 4 heteroatoms. The van der Waals surface area contributed by atoms with Crippen molar-refractivity contribution >= 4 is 5.91 Å². The van der Waals surface area contributed by atoms with Gasteiger partial charge in [-0.3, -0.25) is 4.79 Å². The molecule has 0 spiro atoms. The van der Waals surface area contributed by atoms with Crippen LogP contribution in [0, 0.1) is 0 Å². The Morgan fingerprint density at radius 1 is 1.36 bits per heavy atom. The second-order valence-electron chi connectivity index (χ2n) is 3.49. The SMILES string of the molecule is CCCNC(=O)CCNCCC(C)O. The van der Waals surface area contributed by atoms with Gasteiger partial charge in [-0.2, -0.15) is 0 Å². The molecule has 3 N–H and O–H groups in total. The van der Waals surface area contributed by atoms with Crippen LogP contribution in [-0.4, -0.2) is 36.8 Å². The summed E-state index contributed by atoms with van der Waals surface area (Å²) in [5.74, 6) is 0.0939. The van der Waals surface area contributed by atoms with Crippen molar-refractivity contribution in [3.63, 3.8) is 0 Å². The van der Waals surface area contributed by atoms with Crippen LogP contribution in [0.1, 0.15) is 33.1 Å². The molecule has 1 atom stereocenters. The van der Waals surface area contributed by atoms with Crippen LogP contribution in [-0.2, 0) is 4.79 Å². The zero-order valence-corrected chi connectivity index (χ0v) is 9.18. The summed E-state index contributed by atoms with van der Waals surface area (Å²) in [5.41, 5.74) is 0. The van der Waals surface area contributed by atoms with Gasteiger partial charge in [-0.05, 0) is 26.3 Å². The molecular weight excluding hydrogens is 180 g/mol. The first kappa shape index (κ1) is 13.4. The average molecular weight is 202 g/mol. The predicted molar refractivity (Wildman–Crippen MR) is 57.1 cm³/mol. The van der Waals surface area contributed by atoms with Crippen molar-refractivity contribution < 1.29 is 9.90 Å². The Bertz CT molecular complexity index is 149. The van der Waals surface area contributed by atoms with Crippen molar-refractivity contribution in [2.45, 2.75) is 39.2 Å². The van der Waals surface area contributed by atoms with E-state index in [0.29, 0.717) is 13.0 Å². The van der Waals surface area contributed by atoms with Crippen molar-refractivity contribution in [1.82, 2.24) is 10.6 Å². The first-order valence-corrected chi connectivity index (χ1v) is 5.32. The van der Waals surface area contributed by atoms with E-state index in [-0.39, 0.29) is 12.0 Å². The summed E-state index contributed by atoms with van der Waals surface area (Å²) in [6.45, 7) is 5.99. The van der Waals surface area contributed by atoms with Gasteiger partial charge < -0.3 is 15.7 Å². The second kappa shape index (κ2) is 8.97. The molecule has 1 unspecified atom stereocenters. The minimum absolute atomic E-state index is 0.0939. The largest absolute Gasteiger partial charge is 0.393 e. The molecule has 14 heavy (non-hydrogen) atoms. The summed E-state index contributed by atoms with van der Waals surface area (Å²) in [7, 11) is 0. The normalized spacial score (nSPS) is 12.5. The molecule has 84 valence electrons. The van der Waals surface area contributed by atoms with Gasteiger partial charge in [-0.25, -0.2) is 0 Å². The molecule has 0 radical (unpaired) electrons. The van der Waals surface area contributed by atoms with E-state index in [1.807, 2.05) is 6.92 Å². The zero-order chi connectivity index (χ0) is 10.8. The predicted octanol–water partition coefficient (Wildman–Crippen LogP) is 0.263. The molecule has 0 aromatic rings. The van der Waals surface area contributed by atoms with Crippen LogP contribution in [0.15, 0.2) is 0 Å². The molecular formula is C10H22N2O2. The van der Waals surface area contributed by atoms with E-state index in [9.17, 15) is 4.79 Å². The summed E-state index contributed by atoms with van der Waals surface area (Å²) in [6, 6.07) is 0. The number of hydrogen-bond acceptors (Lipinski definition) is 3. The molecule has 0 aliphatic heterocycles. The minimum atomic E-state index is -0.267. The first-order valence-electron chi connectivity index (χ1n) is 5.32. The van der Waals surface area contributed by atoms with Gasteiger partial charge in [-0.1, -0.05) is 6.92 Å². The Balaban J connectivity index is 3.15. The Morgan fingerprint density at radius 2 is 2.07 bits per heavy atom. The van der Waals surface area contributed by atoms with Crippen LogP contribution < -0.4 is 10.6 Å². The monoisotopic (exact) mass is 202 g/mol. The minimum Gasteiger partial charge on any atom is -0.393 e. The van der Waals surface area contributed by atoms with Crippen molar-refractivity contribution in [2.24, 2.45) is 0 Å². The third-order valence-electron chi connectivity index (χ3n) is 1.84. The lowest BCUT2D eigenvalue weighted by molar-refractivity contribution is -0.120. The van der Waals surface area contributed by atoms with Crippen LogP contribution in [0.3, 0.4) is 0 Å². The van der Waals surface area contributed by atoms with Gasteiger partial charge in [-0.15, -0.1) is 0 Å². The quantitative estimate of drug-likeness (QED) is 0.495. The van der Waals surface area contributed by atoms with Gasteiger partial charge in [0.2, 0.25) is 5.91 Å². The first-order chi connectivity index (χ1) is 6.66. The number of nitrogens with one attached hydrogen (secondary N) is 2. The van der Waals surface area contributed by atoms with Crippen LogP contribution in [0.2, 0.25) is 0 Å². The number of aliphatic hydroxyl groups is 1. The second-order valence-corrected chi connectivity index (χ2v) is 3.49. The molecule has 0 aromatic heterocycles. The highest BCUT2D eigenvalue weighted by molar-refractivity contribution is 5.75. The van der Waals surface area contributed by atoms with Crippen molar-refractivity contribution in [3.05, 3.63) is 0 Å². The van der Waals surface area contributed by atoms with E-state index in [1.165, 1.54) is 0 Å². The number of carbonyl (C=O) groups is 1. The highest BCUT2D eigenvalue weighted by Crippen LogP contribution is 1.86. The standard InChI is InChI=1S/C10H22N2O2/c1-3-6-12-10(14)5-8-11-7-4-9(2)13/h9,11,13H,3-8H2,1-2H3,(H,12,14). The maximum Gasteiger partial charge on any atom is 0.221 e. The fraction of sp³-hybridized carbons (Fsp3) is 0.900. The topological polar surface area (TPSA) is 61.4 Å². The zero-order valence-electron chi connectivity index (χ0n) is 9.18. The lowest BCUT2D eigenvalue weighted by Crippen LogP contribution is -2.29. The maximum atomic E-state index is 11.1. The molecule has 1 amide bonds. The van der Waals surface area contributed by atoms with E-state index in [2.05, 4.69) is 10.6 Å². The van der Waals surface area contributed by atoms with Crippen molar-refractivity contribution in [2.75, 3.05) is 19.6 Å². The molecule has 0 saturated heterocycles. The van der Waals surface area contributed by atoms with Crippen LogP contribution >= 0.6 is 0 Å². The third-order valence-corrected chi connectivity index (χ3v) is 1.84. The fourth-order valence-electron chi connectivity index (χ4n) is 0.991. The average Bonchev–Trinajstić information content (AvgIpc) is 2.13. The molecule has 4 nitrogen and oxygen atoms in total. The molecule has 0 aromatic carbocycles. The number of hydrogen-bond donors (Lipinski definition) is 3. The third kappa shape index (κ3) is 9.48. The summed E-state index contributed by atoms with van der Waals surface area (Å²) in [4.78, 5) is 11.1. The van der Waals surface area contributed by atoms with Gasteiger partial charge in [0.25, 0.3) is 0 Å². The molecule has 0 aliphatic carbocycles. The Labute approximate surface area is 86.1 Å². The Morgan fingerprint density at radius 3 is 2.64 bits per heavy atom. The van der Waals surface area contributed by atoms with Gasteiger partial charge in [0, 0.05) is 19.5 Å². The van der Waals surface area contributed by atoms with E-state index in [4.69, 9.17) is 5.11 Å². The lowest BCUT2D eigenvalue weighted by atomic mass is 10.3. The van der Waals surface area contributed by atoms with Gasteiger partial charge in [0.05, 0.1) is 6.10 Å². The Kier molecular flexibility index (Phi) is 8.57. The van der Waals surface area contributed by atoms with E-state index < -0.39 is 0 Å². The summed E-state index contributed by atoms with van der Waals surface area (Å²) < 4.78 is 0. The Hall–Kier alpha value is -0.610. The smallest absolute Gasteiger partial charge is 0.221 e. The number of aliphatic hydroxyl groups excluding tert-OH is 1. The van der Waals surface area contributed by atoms with Gasteiger partial charge in [0.15, 0.2) is 0 Å². The van der Waals surface area contributed by atoms with E-state index >= 15 is 0 Å². The number of amides is 1. The van der Waals surface area contributed by atoms with Gasteiger partial charge in [0.1, 0.15) is 0 Å². The summed E-state index contributed by atoms with van der Waals surface area (Å²) in [5, 5.41) is 14.9. The number of rotatable bonds is 8. The molecule has 0 aliphatic rings.